The van der Waals surface area contributed by atoms with Crippen molar-refractivity contribution in [2.75, 3.05) is 26.9 Å². The quantitative estimate of drug-likeness (QED) is 0.0221. The van der Waals surface area contributed by atoms with Crippen LogP contribution in [-0.2, 0) is 27.5 Å². The molecule has 0 bridgehead atoms. The predicted octanol–water partition coefficient (Wildman–Crippen LogP) is 8.80. The first-order chi connectivity index (χ1) is 33.5. The lowest BCUT2D eigenvalue weighted by atomic mass is 9.55. The number of rotatable bonds is 22. The van der Waals surface area contributed by atoms with E-state index in [0.717, 1.165) is 23.1 Å². The van der Waals surface area contributed by atoms with Crippen molar-refractivity contribution in [1.29, 1.82) is 0 Å². The van der Waals surface area contributed by atoms with Crippen molar-refractivity contribution in [2.45, 2.75) is 75.8 Å². The minimum absolute atomic E-state index is 0.00449. The minimum atomic E-state index is -1.57. The van der Waals surface area contributed by atoms with E-state index in [0.29, 0.717) is 54.7 Å². The van der Waals surface area contributed by atoms with E-state index in [1.54, 1.807) is 55.6 Å². The third kappa shape index (κ3) is 11.7. The number of hydrogen-bond donors (Lipinski definition) is 3. The molecule has 7 rings (SSSR count). The van der Waals surface area contributed by atoms with Crippen molar-refractivity contribution in [3.63, 3.8) is 0 Å². The fraction of sp³-hybridized carbons (Fsp3) is 0.365. The Morgan fingerprint density at radius 3 is 2.26 bits per heavy atom. The van der Waals surface area contributed by atoms with Crippen molar-refractivity contribution in [3.8, 4) is 11.5 Å². The lowest BCUT2D eigenvalue weighted by molar-refractivity contribution is -0.385. The number of unbranched alkanes of at least 4 members (excludes halogenated alkanes) is 2. The summed E-state index contributed by atoms with van der Waals surface area (Å²) in [6.45, 7) is 4.26. The van der Waals surface area contributed by atoms with Gasteiger partial charge in [-0.05, 0) is 108 Å². The maximum atomic E-state index is 14.5. The van der Waals surface area contributed by atoms with Crippen molar-refractivity contribution in [1.82, 2.24) is 10.2 Å². The minimum Gasteiger partial charge on any atom is -0.459 e. The number of nitrogens with one attached hydrogen (secondary N) is 1. The number of benzene rings is 4. The van der Waals surface area contributed by atoms with Gasteiger partial charge in [0.05, 0.1) is 28.1 Å². The first-order valence-electron chi connectivity index (χ1n) is 23.1. The summed E-state index contributed by atoms with van der Waals surface area (Å²) in [5.74, 6) is -2.50. The monoisotopic (exact) mass is 943 g/mol. The largest absolute Gasteiger partial charge is 0.459 e. The van der Waals surface area contributed by atoms with Crippen LogP contribution in [0.1, 0.15) is 73.1 Å². The van der Waals surface area contributed by atoms with Crippen LogP contribution in [-0.4, -0.2) is 81.4 Å². The van der Waals surface area contributed by atoms with Gasteiger partial charge in [-0.1, -0.05) is 60.5 Å². The van der Waals surface area contributed by atoms with Gasteiger partial charge in [-0.3, -0.25) is 25.0 Å². The van der Waals surface area contributed by atoms with Crippen molar-refractivity contribution < 1.29 is 48.7 Å². The van der Waals surface area contributed by atoms with Gasteiger partial charge in [-0.25, -0.2) is 4.79 Å². The van der Waals surface area contributed by atoms with E-state index in [4.69, 9.17) is 24.2 Å². The molecule has 4 aromatic carbocycles. The molecule has 362 valence electrons. The van der Waals surface area contributed by atoms with E-state index < -0.39 is 45.5 Å². The number of allylic oxidation sites excluding steroid dienone is 1. The molecular weight excluding hydrogens is 887 g/mol. The molecular formula is C52H57N5O12. The second kappa shape index (κ2) is 23.2. The fourth-order valence-electron chi connectivity index (χ4n) is 9.75. The molecule has 0 spiro atoms. The Bertz CT molecular complexity index is 2550. The van der Waals surface area contributed by atoms with Crippen LogP contribution in [0.4, 0.5) is 16.2 Å². The number of likely N-dealkylation sites (N-methyl/N-ethyl adjacent to an activating group) is 1. The summed E-state index contributed by atoms with van der Waals surface area (Å²) in [4.78, 5) is 57.1. The van der Waals surface area contributed by atoms with Gasteiger partial charge < -0.3 is 39.5 Å². The lowest BCUT2D eigenvalue weighted by Gasteiger charge is -2.59. The van der Waals surface area contributed by atoms with Crippen LogP contribution in [0.2, 0.25) is 0 Å². The molecule has 17 heteroatoms. The van der Waals surface area contributed by atoms with Gasteiger partial charge in [0.2, 0.25) is 11.7 Å². The second-order valence-electron chi connectivity index (χ2n) is 17.3. The highest BCUT2D eigenvalue weighted by Gasteiger charge is 2.65. The van der Waals surface area contributed by atoms with E-state index in [1.165, 1.54) is 35.2 Å². The second-order valence-corrected chi connectivity index (χ2v) is 17.3. The highest BCUT2D eigenvalue weighted by Crippen LogP contribution is 2.62. The maximum absolute atomic E-state index is 14.5. The molecule has 1 fully saturated rings. The van der Waals surface area contributed by atoms with Gasteiger partial charge in [0.15, 0.2) is 0 Å². The summed E-state index contributed by atoms with van der Waals surface area (Å²) < 4.78 is 20.1. The number of non-ortho nitro benzene ring substituents is 2. The molecule has 3 aliphatic rings. The molecule has 6 unspecified atom stereocenters. The van der Waals surface area contributed by atoms with Crippen LogP contribution in [0.15, 0.2) is 133 Å². The molecule has 0 aromatic heterocycles. The first kappa shape index (κ1) is 49.7. The molecule has 69 heavy (non-hydrogen) atoms. The molecule has 1 aliphatic heterocycles. The summed E-state index contributed by atoms with van der Waals surface area (Å²) in [6.07, 6.45) is 10.1. The van der Waals surface area contributed by atoms with Gasteiger partial charge in [0, 0.05) is 75.0 Å². The Morgan fingerprint density at radius 2 is 1.59 bits per heavy atom. The number of fused-ring (bicyclic) bond motifs is 2. The van der Waals surface area contributed by atoms with Crippen molar-refractivity contribution >= 4 is 35.2 Å². The maximum Gasteiger partial charge on any atom is 0.412 e. The van der Waals surface area contributed by atoms with Crippen LogP contribution in [0.25, 0.3) is 6.08 Å². The summed E-state index contributed by atoms with van der Waals surface area (Å²) >= 11 is 0. The number of nitro groups is 2. The Morgan fingerprint density at radius 1 is 0.913 bits per heavy atom. The number of amides is 2. The Labute approximate surface area is 400 Å². The van der Waals surface area contributed by atoms with Crippen LogP contribution in [0.5, 0.6) is 11.5 Å². The lowest BCUT2D eigenvalue weighted by Crippen LogP contribution is -2.69. The van der Waals surface area contributed by atoms with Crippen LogP contribution in [0.3, 0.4) is 0 Å². The Balaban J connectivity index is 1.35. The molecule has 1 heterocycles. The number of hydrogen-bond acceptors (Lipinski definition) is 13. The normalized spacial score (nSPS) is 21.8. The SMILES string of the molecule is C=CCOC12Oc3ccc(OC(=O)NCc4ccccc4)cc3C3C(CCCCO)C(CCCCO)C=C(C(=NOCc4ccc([N+](=O)[O-])cc4)CC1N(C)C(=O)C=Cc1ccc([N+](=O)[O-])cc1)C32. The van der Waals surface area contributed by atoms with Gasteiger partial charge in [-0.2, -0.15) is 0 Å². The summed E-state index contributed by atoms with van der Waals surface area (Å²) in [5.41, 5.74) is 4.00. The average Bonchev–Trinajstić information content (AvgIpc) is 3.36. The smallest absolute Gasteiger partial charge is 0.412 e. The summed E-state index contributed by atoms with van der Waals surface area (Å²) in [5, 5.41) is 50.2. The van der Waals surface area contributed by atoms with Crippen LogP contribution in [0, 0.1) is 38.0 Å². The summed E-state index contributed by atoms with van der Waals surface area (Å²) in [6, 6.07) is 25.6. The van der Waals surface area contributed by atoms with E-state index in [-0.39, 0.29) is 68.4 Å². The number of aliphatic hydroxyl groups excluding tert-OH is 2. The molecule has 0 radical (unpaired) electrons. The van der Waals surface area contributed by atoms with E-state index in [2.05, 4.69) is 18.0 Å². The van der Waals surface area contributed by atoms with Crippen molar-refractivity contribution in [3.05, 3.63) is 170 Å². The zero-order chi connectivity index (χ0) is 48.9. The van der Waals surface area contributed by atoms with E-state index in [1.807, 2.05) is 36.4 Å². The molecule has 0 saturated heterocycles. The van der Waals surface area contributed by atoms with Gasteiger partial charge in [0.1, 0.15) is 24.1 Å². The van der Waals surface area contributed by atoms with Crippen LogP contribution < -0.4 is 14.8 Å². The number of nitro benzene ring substituents is 2. The van der Waals surface area contributed by atoms with E-state index >= 15 is 0 Å². The zero-order valence-corrected chi connectivity index (χ0v) is 38.4. The van der Waals surface area contributed by atoms with Gasteiger partial charge >= 0.3 is 6.09 Å². The number of carbonyl (C=O) groups excluding carboxylic acids is 2. The molecule has 1 saturated carbocycles. The number of carbonyl (C=O) groups is 2. The number of aliphatic hydroxyl groups is 2. The average molecular weight is 944 g/mol. The highest BCUT2D eigenvalue weighted by atomic mass is 16.7. The third-order valence-corrected chi connectivity index (χ3v) is 13.0. The fourth-order valence-corrected chi connectivity index (χ4v) is 9.75. The highest BCUT2D eigenvalue weighted by molar-refractivity contribution is 6.03. The Hall–Kier alpha value is -7.21. The zero-order valence-electron chi connectivity index (χ0n) is 38.4. The van der Waals surface area contributed by atoms with Crippen molar-refractivity contribution in [2.24, 2.45) is 22.9 Å². The number of oxime groups is 1. The van der Waals surface area contributed by atoms with Crippen LogP contribution >= 0.6 is 0 Å². The number of nitrogens with zero attached hydrogens (tertiary/aromatic N) is 4. The molecule has 3 N–H and O–H groups in total. The van der Waals surface area contributed by atoms with Gasteiger partial charge in [-0.15, -0.1) is 6.58 Å². The third-order valence-electron chi connectivity index (χ3n) is 13.0. The molecule has 2 aliphatic carbocycles. The number of ether oxygens (including phenoxy) is 3. The predicted molar refractivity (Wildman–Crippen MR) is 257 cm³/mol. The van der Waals surface area contributed by atoms with E-state index in [9.17, 15) is 40.0 Å². The summed E-state index contributed by atoms with van der Waals surface area (Å²) in [7, 11) is 1.65. The molecule has 17 nitrogen and oxygen atoms in total. The molecule has 6 atom stereocenters. The van der Waals surface area contributed by atoms with Gasteiger partial charge in [0.25, 0.3) is 11.4 Å². The molecule has 2 amide bonds. The standard InChI is InChI=1S/C52H57N5O12/c1-3-29-66-52-47(55(2)48(60)26-19-35-15-20-39(21-16-35)56(62)63)32-45(54-67-34-37-17-22-40(23-18-37)57(64)65)43-30-38(13-7-9-27-58)42(14-8-10-28-59)49(50(43)52)44-31-41(24-25-46(44)69-52)68-51(61)53-33-36-11-5-4-6-12-36/h3-6,11-12,15-26,30-31,38,42,47,49-50,58-59H,1,7-10,13-14,27-29,32-34H2,2H3,(H,53,61). The Kier molecular flexibility index (Phi) is 16.7. The molecule has 4 aromatic rings. The topological polar surface area (TPSA) is 225 Å². The first-order valence-corrected chi connectivity index (χ1v) is 23.1.